The minimum atomic E-state index is -1.18. The zero-order chi connectivity index (χ0) is 13.9. The van der Waals surface area contributed by atoms with Gasteiger partial charge in [0.25, 0.3) is 0 Å². The van der Waals surface area contributed by atoms with Gasteiger partial charge in [0.2, 0.25) is 0 Å². The third-order valence-electron chi connectivity index (χ3n) is 3.03. The monoisotopic (exact) mass is 255 g/mol. The quantitative estimate of drug-likeness (QED) is 0.798. The number of hydrogen-bond acceptors (Lipinski definition) is 4. The van der Waals surface area contributed by atoms with Crippen molar-refractivity contribution in [3.63, 3.8) is 0 Å². The molecule has 0 radical (unpaired) electrons. The maximum absolute atomic E-state index is 11.1. The maximum atomic E-state index is 11.1. The number of aliphatic carboxylic acids is 1. The Morgan fingerprint density at radius 3 is 2.22 bits per heavy atom. The highest BCUT2D eigenvalue weighted by atomic mass is 16.4. The molecule has 0 saturated carbocycles. The molecule has 1 aromatic rings. The van der Waals surface area contributed by atoms with Crippen molar-refractivity contribution in [2.75, 3.05) is 0 Å². The van der Waals surface area contributed by atoms with E-state index in [9.17, 15) is 9.59 Å². The number of nitrogens with zero attached hydrogens (tertiary/aromatic N) is 3. The van der Waals surface area contributed by atoms with Gasteiger partial charge in [0.1, 0.15) is 6.04 Å². The summed E-state index contributed by atoms with van der Waals surface area (Å²) in [6.07, 6.45) is 1.41. The van der Waals surface area contributed by atoms with Crippen LogP contribution in [0.1, 0.15) is 61.8 Å². The first-order valence-electron chi connectivity index (χ1n) is 5.85. The Morgan fingerprint density at radius 2 is 1.83 bits per heavy atom. The first kappa shape index (κ1) is 14.1. The summed E-state index contributed by atoms with van der Waals surface area (Å²) in [5.41, 5.74) is 0.235. The molecule has 7 heteroatoms. The Kier molecular flexibility index (Phi) is 4.41. The lowest BCUT2D eigenvalue weighted by atomic mass is 9.97. The molecule has 0 saturated heterocycles. The average Bonchev–Trinajstić information content (AvgIpc) is 2.74. The van der Waals surface area contributed by atoms with Crippen LogP contribution in [-0.4, -0.2) is 37.1 Å². The van der Waals surface area contributed by atoms with E-state index in [-0.39, 0.29) is 11.6 Å². The number of carbonyl (C=O) groups is 2. The Labute approximate surface area is 104 Å². The zero-order valence-corrected chi connectivity index (χ0v) is 10.6. The minimum Gasteiger partial charge on any atom is -0.480 e. The van der Waals surface area contributed by atoms with Gasteiger partial charge in [-0.1, -0.05) is 19.1 Å². The van der Waals surface area contributed by atoms with E-state index in [1.165, 1.54) is 11.6 Å². The minimum absolute atomic E-state index is 0.0621. The second-order valence-electron chi connectivity index (χ2n) is 4.10. The van der Waals surface area contributed by atoms with Crippen molar-refractivity contribution in [3.8, 4) is 0 Å². The highest BCUT2D eigenvalue weighted by Crippen LogP contribution is 2.27. The topological polar surface area (TPSA) is 105 Å². The first-order chi connectivity index (χ1) is 8.43. The molecule has 0 aliphatic carbocycles. The molecule has 0 spiro atoms. The predicted molar refractivity (Wildman–Crippen MR) is 62.7 cm³/mol. The van der Waals surface area contributed by atoms with Crippen LogP contribution in [-0.2, 0) is 4.79 Å². The highest BCUT2D eigenvalue weighted by Gasteiger charge is 2.28. The SMILES string of the molecule is CCC(CC)c1c(C(=O)O)nnn1C(C)C(=O)O. The van der Waals surface area contributed by atoms with Crippen LogP contribution in [0.25, 0.3) is 0 Å². The molecule has 0 bridgehead atoms. The lowest BCUT2D eigenvalue weighted by Gasteiger charge is -2.17. The molecule has 1 heterocycles. The van der Waals surface area contributed by atoms with Crippen LogP contribution in [0.3, 0.4) is 0 Å². The third kappa shape index (κ3) is 2.49. The van der Waals surface area contributed by atoms with Crippen LogP contribution in [0, 0.1) is 0 Å². The second-order valence-corrected chi connectivity index (χ2v) is 4.10. The largest absolute Gasteiger partial charge is 0.480 e. The summed E-state index contributed by atoms with van der Waals surface area (Å²) in [4.78, 5) is 22.1. The molecule has 2 N–H and O–H groups in total. The fourth-order valence-corrected chi connectivity index (χ4v) is 1.90. The molecule has 0 amide bonds. The highest BCUT2D eigenvalue weighted by molar-refractivity contribution is 5.87. The molecule has 100 valence electrons. The van der Waals surface area contributed by atoms with E-state index in [4.69, 9.17) is 10.2 Å². The fourth-order valence-electron chi connectivity index (χ4n) is 1.90. The van der Waals surface area contributed by atoms with Crippen molar-refractivity contribution in [1.82, 2.24) is 15.0 Å². The van der Waals surface area contributed by atoms with E-state index in [1.54, 1.807) is 0 Å². The normalized spacial score (nSPS) is 12.7. The molecule has 1 atom stereocenters. The van der Waals surface area contributed by atoms with E-state index in [1.807, 2.05) is 13.8 Å². The number of carboxylic acid groups (broad SMARTS) is 2. The van der Waals surface area contributed by atoms with Gasteiger partial charge in [-0.2, -0.15) is 0 Å². The molecule has 0 aromatic carbocycles. The number of hydrogen-bond donors (Lipinski definition) is 2. The van der Waals surface area contributed by atoms with Gasteiger partial charge in [0, 0.05) is 5.92 Å². The fraction of sp³-hybridized carbons (Fsp3) is 0.636. The van der Waals surface area contributed by atoms with Crippen molar-refractivity contribution in [1.29, 1.82) is 0 Å². The van der Waals surface area contributed by atoms with E-state index < -0.39 is 18.0 Å². The van der Waals surface area contributed by atoms with Gasteiger partial charge in [0.15, 0.2) is 5.69 Å². The molecular weight excluding hydrogens is 238 g/mol. The predicted octanol–water partition coefficient (Wildman–Crippen LogP) is 1.53. The van der Waals surface area contributed by atoms with Crippen molar-refractivity contribution in [3.05, 3.63) is 11.4 Å². The van der Waals surface area contributed by atoms with E-state index in [2.05, 4.69) is 10.3 Å². The summed E-state index contributed by atoms with van der Waals surface area (Å²) in [7, 11) is 0. The summed E-state index contributed by atoms with van der Waals surface area (Å²) < 4.78 is 1.20. The third-order valence-corrected chi connectivity index (χ3v) is 3.03. The smallest absolute Gasteiger partial charge is 0.358 e. The van der Waals surface area contributed by atoms with E-state index in [0.717, 1.165) is 0 Å². The number of aromatic nitrogens is 3. The number of aromatic carboxylic acids is 1. The summed E-state index contributed by atoms with van der Waals surface area (Å²) >= 11 is 0. The average molecular weight is 255 g/mol. The van der Waals surface area contributed by atoms with Crippen LogP contribution in [0.5, 0.6) is 0 Å². The molecule has 1 aromatic heterocycles. The number of rotatable bonds is 6. The summed E-state index contributed by atoms with van der Waals surface area (Å²) in [6.45, 7) is 5.29. The van der Waals surface area contributed by atoms with Crippen LogP contribution < -0.4 is 0 Å². The van der Waals surface area contributed by atoms with Crippen molar-refractivity contribution < 1.29 is 19.8 Å². The molecular formula is C11H17N3O4. The van der Waals surface area contributed by atoms with Crippen molar-refractivity contribution >= 4 is 11.9 Å². The van der Waals surface area contributed by atoms with Crippen LogP contribution in [0.4, 0.5) is 0 Å². The van der Waals surface area contributed by atoms with Gasteiger partial charge in [0.05, 0.1) is 5.69 Å². The van der Waals surface area contributed by atoms with Crippen molar-refractivity contribution in [2.45, 2.75) is 45.6 Å². The molecule has 18 heavy (non-hydrogen) atoms. The number of carboxylic acids is 2. The molecule has 0 fully saturated rings. The lowest BCUT2D eigenvalue weighted by Crippen LogP contribution is -2.21. The van der Waals surface area contributed by atoms with Gasteiger partial charge in [-0.25, -0.2) is 14.3 Å². The van der Waals surface area contributed by atoms with Crippen LogP contribution in [0.2, 0.25) is 0 Å². The Balaban J connectivity index is 3.35. The second kappa shape index (κ2) is 5.61. The Hall–Kier alpha value is -1.92. The van der Waals surface area contributed by atoms with Crippen LogP contribution in [0.15, 0.2) is 0 Å². The van der Waals surface area contributed by atoms with Crippen molar-refractivity contribution in [2.24, 2.45) is 0 Å². The van der Waals surface area contributed by atoms with Gasteiger partial charge in [-0.3, -0.25) is 0 Å². The molecule has 1 rings (SSSR count). The first-order valence-corrected chi connectivity index (χ1v) is 5.85. The maximum Gasteiger partial charge on any atom is 0.358 e. The molecule has 0 aliphatic rings. The van der Waals surface area contributed by atoms with Crippen LogP contribution >= 0.6 is 0 Å². The van der Waals surface area contributed by atoms with Gasteiger partial charge < -0.3 is 10.2 Å². The summed E-state index contributed by atoms with van der Waals surface area (Å²) in [6, 6.07) is -0.929. The Bertz CT molecular complexity index is 451. The van der Waals surface area contributed by atoms with Gasteiger partial charge in [-0.15, -0.1) is 5.10 Å². The molecule has 0 aliphatic heterocycles. The molecule has 7 nitrogen and oxygen atoms in total. The summed E-state index contributed by atoms with van der Waals surface area (Å²) in [5, 5.41) is 25.3. The van der Waals surface area contributed by atoms with Gasteiger partial charge in [-0.05, 0) is 19.8 Å². The zero-order valence-electron chi connectivity index (χ0n) is 10.6. The standard InChI is InChI=1S/C11H17N3O4/c1-4-7(5-2)9-8(11(17)18)12-13-14(9)6(3)10(15)16/h6-7H,4-5H2,1-3H3,(H,15,16)(H,17,18). The summed E-state index contributed by atoms with van der Waals surface area (Å²) in [5.74, 6) is -2.31. The molecule has 1 unspecified atom stereocenters. The Morgan fingerprint density at radius 1 is 1.28 bits per heavy atom. The van der Waals surface area contributed by atoms with E-state index >= 15 is 0 Å². The lowest BCUT2D eigenvalue weighted by molar-refractivity contribution is -0.140. The van der Waals surface area contributed by atoms with E-state index in [0.29, 0.717) is 18.5 Å². The van der Waals surface area contributed by atoms with Gasteiger partial charge >= 0.3 is 11.9 Å².